The Morgan fingerprint density at radius 3 is 2.35 bits per heavy atom. The average Bonchev–Trinajstić information content (AvgIpc) is 2.54. The van der Waals surface area contributed by atoms with E-state index in [2.05, 4.69) is 56.6 Å². The van der Waals surface area contributed by atoms with E-state index in [1.54, 1.807) is 0 Å². The molecule has 1 aromatic heterocycles. The first kappa shape index (κ1) is 14.2. The number of aromatic nitrogens is 2. The molecule has 2 atom stereocenters. The van der Waals surface area contributed by atoms with Crippen LogP contribution < -0.4 is 5.32 Å². The third-order valence-electron chi connectivity index (χ3n) is 3.59. The molecule has 0 bridgehead atoms. The van der Waals surface area contributed by atoms with Crippen molar-refractivity contribution in [2.75, 3.05) is 6.54 Å². The molecule has 0 saturated heterocycles. The Labute approximate surface area is 106 Å². The van der Waals surface area contributed by atoms with Gasteiger partial charge in [0.1, 0.15) is 0 Å². The molecule has 0 aliphatic heterocycles. The summed E-state index contributed by atoms with van der Waals surface area (Å²) in [6, 6.07) is 1.02. The van der Waals surface area contributed by atoms with Crippen LogP contribution >= 0.6 is 0 Å². The maximum atomic E-state index is 4.61. The van der Waals surface area contributed by atoms with Crippen LogP contribution in [0.3, 0.4) is 0 Å². The van der Waals surface area contributed by atoms with Gasteiger partial charge in [0.05, 0.1) is 11.7 Å². The molecule has 0 aliphatic carbocycles. The van der Waals surface area contributed by atoms with Gasteiger partial charge < -0.3 is 5.32 Å². The molecule has 1 rings (SSSR count). The van der Waals surface area contributed by atoms with Crippen LogP contribution in [-0.4, -0.2) is 22.4 Å². The summed E-state index contributed by atoms with van der Waals surface area (Å²) < 4.78 is 2.15. The lowest BCUT2D eigenvalue weighted by Gasteiger charge is -2.19. The first-order valence-electron chi connectivity index (χ1n) is 6.73. The summed E-state index contributed by atoms with van der Waals surface area (Å²) in [5, 5.41) is 8.19. The lowest BCUT2D eigenvalue weighted by molar-refractivity contribution is 0.406. The maximum Gasteiger partial charge on any atom is 0.0625 e. The Kier molecular flexibility index (Phi) is 5.19. The summed E-state index contributed by atoms with van der Waals surface area (Å²) in [6.45, 7) is 14.1. The number of rotatable bonds is 6. The van der Waals surface area contributed by atoms with Crippen LogP contribution in [0.5, 0.6) is 0 Å². The van der Waals surface area contributed by atoms with E-state index < -0.39 is 0 Å². The van der Waals surface area contributed by atoms with Crippen LogP contribution in [0.15, 0.2) is 0 Å². The van der Waals surface area contributed by atoms with Gasteiger partial charge in [-0.1, -0.05) is 13.3 Å². The van der Waals surface area contributed by atoms with Gasteiger partial charge in [-0.05, 0) is 46.6 Å². The van der Waals surface area contributed by atoms with Crippen LogP contribution in [-0.2, 0) is 0 Å². The second kappa shape index (κ2) is 6.20. The second-order valence-corrected chi connectivity index (χ2v) is 5.19. The third kappa shape index (κ3) is 3.56. The van der Waals surface area contributed by atoms with Crippen molar-refractivity contribution < 1.29 is 0 Å². The van der Waals surface area contributed by atoms with Gasteiger partial charge in [-0.3, -0.25) is 4.68 Å². The van der Waals surface area contributed by atoms with E-state index in [4.69, 9.17) is 0 Å². The minimum absolute atomic E-state index is 0.418. The van der Waals surface area contributed by atoms with E-state index in [1.165, 1.54) is 24.1 Å². The summed E-state index contributed by atoms with van der Waals surface area (Å²) in [7, 11) is 0. The number of nitrogens with zero attached hydrogens (tertiary/aromatic N) is 2. The molecule has 3 nitrogen and oxygen atoms in total. The molecule has 0 spiro atoms. The molecular formula is C14H27N3. The zero-order valence-corrected chi connectivity index (χ0v) is 12.2. The third-order valence-corrected chi connectivity index (χ3v) is 3.59. The summed E-state index contributed by atoms with van der Waals surface area (Å²) in [4.78, 5) is 0. The molecule has 98 valence electrons. The molecular weight excluding hydrogens is 210 g/mol. The van der Waals surface area contributed by atoms with Gasteiger partial charge in [-0.25, -0.2) is 0 Å². The van der Waals surface area contributed by atoms with Crippen LogP contribution in [0.4, 0.5) is 0 Å². The Morgan fingerprint density at radius 1 is 1.24 bits per heavy atom. The normalized spacial score (nSPS) is 14.9. The van der Waals surface area contributed by atoms with Gasteiger partial charge in [0, 0.05) is 18.3 Å². The highest BCUT2D eigenvalue weighted by molar-refractivity contribution is 5.22. The first-order chi connectivity index (χ1) is 7.97. The monoisotopic (exact) mass is 237 g/mol. The van der Waals surface area contributed by atoms with E-state index >= 15 is 0 Å². The molecule has 1 N–H and O–H groups in total. The Bertz CT molecular complexity index is 355. The quantitative estimate of drug-likeness (QED) is 0.823. The minimum atomic E-state index is 0.418. The number of nitrogens with one attached hydrogen (secondary N) is 1. The zero-order chi connectivity index (χ0) is 13.0. The van der Waals surface area contributed by atoms with Crippen molar-refractivity contribution in [3.05, 3.63) is 17.0 Å². The van der Waals surface area contributed by atoms with E-state index in [1.807, 2.05) is 0 Å². The van der Waals surface area contributed by atoms with Crippen molar-refractivity contribution in [3.8, 4) is 0 Å². The topological polar surface area (TPSA) is 29.9 Å². The highest BCUT2D eigenvalue weighted by atomic mass is 15.3. The smallest absolute Gasteiger partial charge is 0.0625 e. The van der Waals surface area contributed by atoms with Crippen molar-refractivity contribution in [1.29, 1.82) is 0 Å². The summed E-state index contributed by atoms with van der Waals surface area (Å²) in [5.41, 5.74) is 3.76. The molecule has 2 unspecified atom stereocenters. The highest BCUT2D eigenvalue weighted by Crippen LogP contribution is 2.15. The minimum Gasteiger partial charge on any atom is -0.312 e. The Morgan fingerprint density at radius 2 is 1.88 bits per heavy atom. The standard InChI is InChI=1S/C14H27N3/c1-7-8-10(2)15-9-11(3)17-14(6)12(4)13(5)16-17/h10-11,15H,7-9H2,1-6H3. The van der Waals surface area contributed by atoms with Crippen molar-refractivity contribution in [2.45, 2.75) is 66.5 Å². The molecule has 1 heterocycles. The van der Waals surface area contributed by atoms with Crippen molar-refractivity contribution in [2.24, 2.45) is 0 Å². The fraction of sp³-hybridized carbons (Fsp3) is 0.786. The lowest BCUT2D eigenvalue weighted by atomic mass is 10.2. The predicted molar refractivity (Wildman–Crippen MR) is 73.5 cm³/mol. The van der Waals surface area contributed by atoms with Gasteiger partial charge in [0.15, 0.2) is 0 Å². The van der Waals surface area contributed by atoms with Crippen molar-refractivity contribution in [1.82, 2.24) is 15.1 Å². The van der Waals surface area contributed by atoms with Gasteiger partial charge in [0.25, 0.3) is 0 Å². The lowest BCUT2D eigenvalue weighted by Crippen LogP contribution is -2.32. The average molecular weight is 237 g/mol. The van der Waals surface area contributed by atoms with Crippen LogP contribution in [0.1, 0.15) is 56.6 Å². The zero-order valence-electron chi connectivity index (χ0n) is 12.2. The maximum absolute atomic E-state index is 4.61. The van der Waals surface area contributed by atoms with Crippen molar-refractivity contribution in [3.63, 3.8) is 0 Å². The van der Waals surface area contributed by atoms with Crippen LogP contribution in [0.25, 0.3) is 0 Å². The fourth-order valence-electron chi connectivity index (χ4n) is 2.17. The SMILES string of the molecule is CCCC(C)NCC(C)n1nc(C)c(C)c1C. The summed E-state index contributed by atoms with van der Waals surface area (Å²) in [6.07, 6.45) is 2.48. The van der Waals surface area contributed by atoms with E-state index in [9.17, 15) is 0 Å². The molecule has 0 aromatic carbocycles. The molecule has 0 aliphatic rings. The van der Waals surface area contributed by atoms with Crippen molar-refractivity contribution >= 4 is 0 Å². The van der Waals surface area contributed by atoms with Gasteiger partial charge in [-0.2, -0.15) is 5.10 Å². The van der Waals surface area contributed by atoms with Gasteiger partial charge in [0.2, 0.25) is 0 Å². The largest absolute Gasteiger partial charge is 0.312 e. The molecule has 0 saturated carbocycles. The van der Waals surface area contributed by atoms with Crippen LogP contribution in [0, 0.1) is 20.8 Å². The number of hydrogen-bond acceptors (Lipinski definition) is 2. The van der Waals surface area contributed by atoms with Gasteiger partial charge >= 0.3 is 0 Å². The highest BCUT2D eigenvalue weighted by Gasteiger charge is 2.13. The fourth-order valence-corrected chi connectivity index (χ4v) is 2.17. The van der Waals surface area contributed by atoms with E-state index in [0.29, 0.717) is 12.1 Å². The second-order valence-electron chi connectivity index (χ2n) is 5.19. The summed E-state index contributed by atoms with van der Waals surface area (Å²) in [5.74, 6) is 0. The predicted octanol–water partition coefficient (Wildman–Crippen LogP) is 3.15. The van der Waals surface area contributed by atoms with Gasteiger partial charge in [-0.15, -0.1) is 0 Å². The molecule has 3 heteroatoms. The van der Waals surface area contributed by atoms with E-state index in [0.717, 1.165) is 12.2 Å². The molecule has 0 radical (unpaired) electrons. The Balaban J connectivity index is 2.58. The van der Waals surface area contributed by atoms with Crippen LogP contribution in [0.2, 0.25) is 0 Å². The molecule has 17 heavy (non-hydrogen) atoms. The number of hydrogen-bond donors (Lipinski definition) is 1. The molecule has 1 aromatic rings. The van der Waals surface area contributed by atoms with E-state index in [-0.39, 0.29) is 0 Å². The summed E-state index contributed by atoms with van der Waals surface area (Å²) >= 11 is 0. The molecule has 0 amide bonds. The Hall–Kier alpha value is -0.830. The first-order valence-corrected chi connectivity index (χ1v) is 6.73. The molecule has 0 fully saturated rings. The number of aryl methyl sites for hydroxylation is 1.